The molecule has 0 spiro atoms. The molecule has 1 aliphatic rings. The number of benzene rings is 1. The molecule has 0 N–H and O–H groups in total. The van der Waals surface area contributed by atoms with Crippen LogP contribution in [-0.4, -0.2) is 34.9 Å². The number of methoxy groups -OCH3 is 2. The quantitative estimate of drug-likeness (QED) is 0.690. The van der Waals surface area contributed by atoms with E-state index >= 15 is 0 Å². The first kappa shape index (κ1) is 10.3. The molecular weight excluding hydrogens is 190 g/mol. The highest BCUT2D eigenvalue weighted by Crippen LogP contribution is 2.40. The number of ether oxygens (including phenoxy) is 2. The minimum atomic E-state index is 0.823. The summed E-state index contributed by atoms with van der Waals surface area (Å²) >= 11 is 0. The van der Waals surface area contributed by atoms with E-state index in [0.717, 1.165) is 28.9 Å². The van der Waals surface area contributed by atoms with Gasteiger partial charge in [0.05, 0.1) is 34.9 Å². The molecule has 0 amide bonds. The van der Waals surface area contributed by atoms with E-state index < -0.39 is 0 Å². The Hall–Kier alpha value is -1.22. The number of likely N-dealkylation sites (N-methyl/N-ethyl adjacent to an activating group) is 1. The molecule has 15 heavy (non-hydrogen) atoms. The zero-order valence-corrected chi connectivity index (χ0v) is 9.83. The Morgan fingerprint density at radius 2 is 1.67 bits per heavy atom. The van der Waals surface area contributed by atoms with Gasteiger partial charge < -0.3 is 9.47 Å². The van der Waals surface area contributed by atoms with Crippen LogP contribution in [0.1, 0.15) is 5.56 Å². The van der Waals surface area contributed by atoms with Crippen molar-refractivity contribution in [3.63, 3.8) is 0 Å². The summed E-state index contributed by atoms with van der Waals surface area (Å²) < 4.78 is 11.5. The third-order valence-corrected chi connectivity index (χ3v) is 3.18. The summed E-state index contributed by atoms with van der Waals surface area (Å²) in [6, 6.07) is 4.20. The van der Waals surface area contributed by atoms with Crippen molar-refractivity contribution in [3.05, 3.63) is 17.7 Å². The van der Waals surface area contributed by atoms with Crippen LogP contribution in [-0.2, 0) is 6.42 Å². The Kier molecular flexibility index (Phi) is 2.35. The largest absolute Gasteiger partial charge is 0.493 e. The molecule has 1 aromatic carbocycles. The third kappa shape index (κ3) is 1.57. The SMILES string of the molecule is COc1cc2c(cc1OC)[N+](C)(C)CC2. The lowest BCUT2D eigenvalue weighted by Gasteiger charge is -2.24. The van der Waals surface area contributed by atoms with Crippen molar-refractivity contribution in [1.82, 2.24) is 4.48 Å². The number of rotatable bonds is 2. The number of fused-ring (bicyclic) bond motifs is 1. The maximum Gasteiger partial charge on any atom is 0.166 e. The molecule has 0 bridgehead atoms. The third-order valence-electron chi connectivity index (χ3n) is 3.18. The lowest BCUT2D eigenvalue weighted by atomic mass is 10.1. The second kappa shape index (κ2) is 3.42. The molecule has 0 saturated heterocycles. The lowest BCUT2D eigenvalue weighted by molar-refractivity contribution is 0.353. The zero-order chi connectivity index (χ0) is 11.1. The van der Waals surface area contributed by atoms with Crippen molar-refractivity contribution in [1.29, 1.82) is 0 Å². The molecule has 3 nitrogen and oxygen atoms in total. The van der Waals surface area contributed by atoms with Crippen molar-refractivity contribution in [3.8, 4) is 11.5 Å². The van der Waals surface area contributed by atoms with Gasteiger partial charge in [0.1, 0.15) is 5.69 Å². The van der Waals surface area contributed by atoms with E-state index in [0.29, 0.717) is 0 Å². The van der Waals surface area contributed by atoms with E-state index in [9.17, 15) is 0 Å². The van der Waals surface area contributed by atoms with Gasteiger partial charge in [-0.1, -0.05) is 0 Å². The van der Waals surface area contributed by atoms with Crippen LogP contribution >= 0.6 is 0 Å². The summed E-state index contributed by atoms with van der Waals surface area (Å²) in [5, 5.41) is 0. The summed E-state index contributed by atoms with van der Waals surface area (Å²) in [5.74, 6) is 1.66. The number of hydrogen-bond donors (Lipinski definition) is 0. The van der Waals surface area contributed by atoms with E-state index in [1.165, 1.54) is 11.3 Å². The van der Waals surface area contributed by atoms with Crippen LogP contribution in [0.5, 0.6) is 11.5 Å². The van der Waals surface area contributed by atoms with Gasteiger partial charge in [-0.05, 0) is 6.07 Å². The Bertz CT molecular complexity index is 385. The summed E-state index contributed by atoms with van der Waals surface area (Å²) in [5.41, 5.74) is 2.71. The van der Waals surface area contributed by atoms with Gasteiger partial charge in [-0.2, -0.15) is 0 Å². The molecule has 0 atom stereocenters. The van der Waals surface area contributed by atoms with E-state index in [4.69, 9.17) is 9.47 Å². The van der Waals surface area contributed by atoms with Crippen molar-refractivity contribution in [2.45, 2.75) is 6.42 Å². The van der Waals surface area contributed by atoms with Crippen LogP contribution in [0.3, 0.4) is 0 Å². The smallest absolute Gasteiger partial charge is 0.166 e. The molecule has 0 saturated carbocycles. The minimum absolute atomic E-state index is 0.823. The van der Waals surface area contributed by atoms with Gasteiger partial charge in [0.2, 0.25) is 0 Å². The van der Waals surface area contributed by atoms with Gasteiger partial charge >= 0.3 is 0 Å². The summed E-state index contributed by atoms with van der Waals surface area (Å²) in [4.78, 5) is 0. The van der Waals surface area contributed by atoms with Crippen LogP contribution in [0, 0.1) is 0 Å². The monoisotopic (exact) mass is 208 g/mol. The molecule has 3 heteroatoms. The number of quaternary nitrogens is 1. The van der Waals surface area contributed by atoms with Gasteiger partial charge in [-0.25, -0.2) is 0 Å². The Morgan fingerprint density at radius 3 is 2.27 bits per heavy atom. The molecule has 0 fully saturated rings. The molecule has 1 heterocycles. The maximum absolute atomic E-state index is 5.32. The highest BCUT2D eigenvalue weighted by atomic mass is 16.5. The van der Waals surface area contributed by atoms with Crippen LogP contribution < -0.4 is 14.0 Å². The van der Waals surface area contributed by atoms with Crippen molar-refractivity contribution < 1.29 is 9.47 Å². The van der Waals surface area contributed by atoms with Gasteiger partial charge in [-0.15, -0.1) is 0 Å². The fourth-order valence-electron chi connectivity index (χ4n) is 2.19. The molecule has 0 radical (unpaired) electrons. The van der Waals surface area contributed by atoms with Gasteiger partial charge in [0.25, 0.3) is 0 Å². The van der Waals surface area contributed by atoms with Crippen molar-refractivity contribution in [2.75, 3.05) is 34.9 Å². The van der Waals surface area contributed by atoms with Gasteiger partial charge in [-0.3, -0.25) is 4.48 Å². The molecule has 0 unspecified atom stereocenters. The molecular formula is C12H18NO2+. The van der Waals surface area contributed by atoms with Crippen molar-refractivity contribution in [2.24, 2.45) is 0 Å². The fraction of sp³-hybridized carbons (Fsp3) is 0.500. The second-order valence-corrected chi connectivity index (χ2v) is 4.49. The van der Waals surface area contributed by atoms with E-state index in [-0.39, 0.29) is 0 Å². The maximum atomic E-state index is 5.32. The van der Waals surface area contributed by atoms with E-state index in [2.05, 4.69) is 26.2 Å². The summed E-state index contributed by atoms with van der Waals surface area (Å²) in [7, 11) is 7.80. The van der Waals surface area contributed by atoms with Crippen LogP contribution in [0.15, 0.2) is 12.1 Å². The number of hydrogen-bond acceptors (Lipinski definition) is 2. The average molecular weight is 208 g/mol. The van der Waals surface area contributed by atoms with E-state index in [1.807, 2.05) is 0 Å². The molecule has 82 valence electrons. The van der Waals surface area contributed by atoms with Crippen molar-refractivity contribution >= 4 is 5.69 Å². The predicted octanol–water partition coefficient (Wildman–Crippen LogP) is 1.83. The van der Waals surface area contributed by atoms with E-state index in [1.54, 1.807) is 14.2 Å². The highest BCUT2D eigenvalue weighted by molar-refractivity contribution is 5.62. The molecule has 2 rings (SSSR count). The summed E-state index contributed by atoms with van der Waals surface area (Å²) in [6.45, 7) is 1.14. The zero-order valence-electron chi connectivity index (χ0n) is 9.83. The van der Waals surface area contributed by atoms with Gasteiger partial charge in [0.15, 0.2) is 11.5 Å². The second-order valence-electron chi connectivity index (χ2n) is 4.49. The summed E-state index contributed by atoms with van der Waals surface area (Å²) in [6.07, 6.45) is 1.11. The Labute approximate surface area is 90.8 Å². The molecule has 1 aromatic rings. The first-order chi connectivity index (χ1) is 7.08. The normalized spacial score (nSPS) is 17.3. The average Bonchev–Trinajstić information content (AvgIpc) is 2.52. The molecule has 0 aliphatic carbocycles. The lowest BCUT2D eigenvalue weighted by Crippen LogP contribution is -2.37. The van der Waals surface area contributed by atoms with Crippen LogP contribution in [0.25, 0.3) is 0 Å². The molecule has 1 aliphatic heterocycles. The standard InChI is InChI=1S/C12H18NO2/c1-13(2)6-5-9-7-11(14-3)12(15-4)8-10(9)13/h7-8H,5-6H2,1-4H3/q+1. The topological polar surface area (TPSA) is 18.5 Å². The number of nitrogens with zero attached hydrogens (tertiary/aromatic N) is 1. The predicted molar refractivity (Wildman–Crippen MR) is 61.8 cm³/mol. The highest BCUT2D eigenvalue weighted by Gasteiger charge is 2.31. The van der Waals surface area contributed by atoms with Crippen LogP contribution in [0.4, 0.5) is 5.69 Å². The minimum Gasteiger partial charge on any atom is -0.493 e. The van der Waals surface area contributed by atoms with Gasteiger partial charge in [0, 0.05) is 18.1 Å². The Balaban J connectivity index is 2.54. The van der Waals surface area contributed by atoms with Crippen LogP contribution in [0.2, 0.25) is 0 Å². The fourth-order valence-corrected chi connectivity index (χ4v) is 2.19. The first-order valence-corrected chi connectivity index (χ1v) is 5.17. The molecule has 0 aromatic heterocycles. The first-order valence-electron chi connectivity index (χ1n) is 5.17. The Morgan fingerprint density at radius 1 is 1.07 bits per heavy atom.